The number of amides is 1. The summed E-state index contributed by atoms with van der Waals surface area (Å²) in [6.07, 6.45) is 0. The van der Waals surface area contributed by atoms with Crippen LogP contribution in [0.2, 0.25) is 0 Å². The third-order valence-corrected chi connectivity index (χ3v) is 3.11. The Morgan fingerprint density at radius 1 is 1.24 bits per heavy atom. The first kappa shape index (κ1) is 13.6. The molecule has 0 saturated heterocycles. The number of hydrazine groups is 1. The van der Waals surface area contributed by atoms with Gasteiger partial charge in [0, 0.05) is 6.92 Å². The summed E-state index contributed by atoms with van der Waals surface area (Å²) in [5, 5.41) is 2.11. The Hall–Kier alpha value is -1.51. The van der Waals surface area contributed by atoms with Crippen molar-refractivity contribution in [2.45, 2.75) is 11.8 Å². The van der Waals surface area contributed by atoms with Gasteiger partial charge in [0.25, 0.3) is 10.0 Å². The third-order valence-electron chi connectivity index (χ3n) is 1.64. The van der Waals surface area contributed by atoms with Crippen LogP contribution in [0.15, 0.2) is 35.2 Å². The number of hydrogen-bond donors (Lipinski definition) is 3. The van der Waals surface area contributed by atoms with Gasteiger partial charge in [-0.1, -0.05) is 18.2 Å². The molecular weight excluding hydrogens is 262 g/mol. The molecule has 92 valence electrons. The minimum absolute atomic E-state index is 0.0955. The maximum absolute atomic E-state index is 11.7. The van der Waals surface area contributed by atoms with E-state index in [-0.39, 0.29) is 15.9 Å². The minimum atomic E-state index is -3.69. The number of carbonyl (C=O) groups is 1. The molecule has 6 nitrogen and oxygen atoms in total. The summed E-state index contributed by atoms with van der Waals surface area (Å²) in [7, 11) is -3.69. The van der Waals surface area contributed by atoms with Crippen LogP contribution in [0.1, 0.15) is 6.92 Å². The molecule has 0 aliphatic rings. The van der Waals surface area contributed by atoms with Gasteiger partial charge in [0.15, 0.2) is 5.11 Å². The van der Waals surface area contributed by atoms with Crippen LogP contribution in [0.5, 0.6) is 0 Å². The minimum Gasteiger partial charge on any atom is -0.302 e. The number of sulfonamides is 1. The normalized spacial score (nSPS) is 10.6. The molecule has 0 atom stereocenters. The molecule has 0 fully saturated rings. The topological polar surface area (TPSA) is 87.3 Å². The second-order valence-electron chi connectivity index (χ2n) is 3.05. The molecule has 0 spiro atoms. The Bertz CT molecular complexity index is 514. The lowest BCUT2D eigenvalue weighted by Gasteiger charge is -2.09. The predicted molar refractivity (Wildman–Crippen MR) is 66.3 cm³/mol. The molecule has 8 heteroatoms. The van der Waals surface area contributed by atoms with E-state index in [2.05, 4.69) is 23.0 Å². The molecule has 1 aromatic rings. The molecule has 0 radical (unpaired) electrons. The van der Waals surface area contributed by atoms with Crippen molar-refractivity contribution in [1.82, 2.24) is 15.6 Å². The third kappa shape index (κ3) is 4.47. The van der Waals surface area contributed by atoms with Crippen LogP contribution in [-0.2, 0) is 14.8 Å². The van der Waals surface area contributed by atoms with Gasteiger partial charge in [-0.25, -0.2) is 8.42 Å². The SMILES string of the molecule is CC(=O)NC(=S)NNS(=O)(=O)c1ccccc1. The number of carbonyl (C=O) groups excluding carboxylic acids is 1. The van der Waals surface area contributed by atoms with Gasteiger partial charge >= 0.3 is 0 Å². The Labute approximate surface area is 104 Å². The number of rotatable bonds is 3. The van der Waals surface area contributed by atoms with E-state index in [1.165, 1.54) is 19.1 Å². The van der Waals surface area contributed by atoms with Crippen LogP contribution < -0.4 is 15.6 Å². The summed E-state index contributed by atoms with van der Waals surface area (Å²) >= 11 is 4.68. The Kier molecular flexibility index (Phi) is 4.55. The molecule has 1 aromatic carbocycles. The van der Waals surface area contributed by atoms with Crippen molar-refractivity contribution in [2.24, 2.45) is 0 Å². The molecule has 0 unspecified atom stereocenters. The van der Waals surface area contributed by atoms with Crippen LogP contribution in [0, 0.1) is 0 Å². The van der Waals surface area contributed by atoms with Crippen molar-refractivity contribution in [3.8, 4) is 0 Å². The molecule has 0 aliphatic carbocycles. The molecule has 0 bridgehead atoms. The maximum Gasteiger partial charge on any atom is 0.257 e. The zero-order chi connectivity index (χ0) is 12.9. The van der Waals surface area contributed by atoms with Crippen molar-refractivity contribution in [3.63, 3.8) is 0 Å². The summed E-state index contributed by atoms with van der Waals surface area (Å²) in [6, 6.07) is 7.77. The summed E-state index contributed by atoms with van der Waals surface area (Å²) in [5.74, 6) is -0.388. The lowest BCUT2D eigenvalue weighted by atomic mass is 10.4. The average Bonchev–Trinajstić information content (AvgIpc) is 2.27. The van der Waals surface area contributed by atoms with E-state index in [1.807, 2.05) is 4.83 Å². The molecule has 0 aliphatic heterocycles. The molecule has 0 heterocycles. The van der Waals surface area contributed by atoms with Gasteiger partial charge in [0.2, 0.25) is 5.91 Å². The Balaban J connectivity index is 2.63. The number of nitrogens with one attached hydrogen (secondary N) is 3. The van der Waals surface area contributed by atoms with E-state index >= 15 is 0 Å². The van der Waals surface area contributed by atoms with E-state index in [0.717, 1.165) is 0 Å². The van der Waals surface area contributed by atoms with E-state index < -0.39 is 10.0 Å². The van der Waals surface area contributed by atoms with Crippen LogP contribution in [0.4, 0.5) is 0 Å². The predicted octanol–water partition coefficient (Wildman–Crippen LogP) is -0.110. The molecule has 17 heavy (non-hydrogen) atoms. The second-order valence-corrected chi connectivity index (χ2v) is 5.14. The zero-order valence-corrected chi connectivity index (χ0v) is 10.6. The zero-order valence-electron chi connectivity index (χ0n) is 8.93. The highest BCUT2D eigenvalue weighted by atomic mass is 32.2. The molecule has 0 saturated carbocycles. The van der Waals surface area contributed by atoms with Crippen LogP contribution in [0.3, 0.4) is 0 Å². The summed E-state index contributed by atoms with van der Waals surface area (Å²) < 4.78 is 23.4. The standard InChI is InChI=1S/C9H11N3O3S2/c1-7(13)10-9(16)11-12-17(14,15)8-5-3-2-4-6-8/h2-6,12H,1H3,(H2,10,11,13,16). The fourth-order valence-corrected chi connectivity index (χ4v) is 2.09. The van der Waals surface area contributed by atoms with Gasteiger partial charge < -0.3 is 5.32 Å². The van der Waals surface area contributed by atoms with Gasteiger partial charge in [-0.2, -0.15) is 0 Å². The summed E-state index contributed by atoms with van der Waals surface area (Å²) in [6.45, 7) is 1.26. The largest absolute Gasteiger partial charge is 0.302 e. The number of thiocarbonyl (C=S) groups is 1. The molecule has 1 rings (SSSR count). The van der Waals surface area contributed by atoms with Crippen molar-refractivity contribution in [3.05, 3.63) is 30.3 Å². The summed E-state index contributed by atoms with van der Waals surface area (Å²) in [4.78, 5) is 12.8. The van der Waals surface area contributed by atoms with Gasteiger partial charge in [-0.15, -0.1) is 4.83 Å². The molecule has 1 amide bonds. The van der Waals surface area contributed by atoms with Gasteiger partial charge in [-0.05, 0) is 24.4 Å². The monoisotopic (exact) mass is 273 g/mol. The lowest BCUT2D eigenvalue weighted by Crippen LogP contribution is -2.47. The second kappa shape index (κ2) is 5.71. The van der Waals surface area contributed by atoms with Gasteiger partial charge in [-0.3, -0.25) is 10.2 Å². The fourth-order valence-electron chi connectivity index (χ4n) is 0.963. The van der Waals surface area contributed by atoms with E-state index in [9.17, 15) is 13.2 Å². The summed E-state index contributed by atoms with van der Waals surface area (Å²) in [5.41, 5.74) is 2.21. The highest BCUT2D eigenvalue weighted by Gasteiger charge is 2.13. The van der Waals surface area contributed by atoms with Crippen LogP contribution >= 0.6 is 12.2 Å². The van der Waals surface area contributed by atoms with E-state index in [4.69, 9.17) is 0 Å². The first-order chi connectivity index (χ1) is 7.92. The molecular formula is C9H11N3O3S2. The smallest absolute Gasteiger partial charge is 0.257 e. The first-order valence-electron chi connectivity index (χ1n) is 4.56. The van der Waals surface area contributed by atoms with Gasteiger partial charge in [0.1, 0.15) is 0 Å². The number of benzene rings is 1. The van der Waals surface area contributed by atoms with Crippen molar-refractivity contribution >= 4 is 33.3 Å². The highest BCUT2D eigenvalue weighted by Crippen LogP contribution is 2.05. The molecule has 0 aromatic heterocycles. The first-order valence-corrected chi connectivity index (χ1v) is 6.45. The van der Waals surface area contributed by atoms with Crippen molar-refractivity contribution < 1.29 is 13.2 Å². The van der Waals surface area contributed by atoms with Crippen LogP contribution in [-0.4, -0.2) is 19.4 Å². The van der Waals surface area contributed by atoms with Crippen molar-refractivity contribution in [2.75, 3.05) is 0 Å². The number of hydrogen-bond acceptors (Lipinski definition) is 4. The van der Waals surface area contributed by atoms with Crippen molar-refractivity contribution in [1.29, 1.82) is 0 Å². The Morgan fingerprint density at radius 2 is 1.82 bits per heavy atom. The van der Waals surface area contributed by atoms with E-state index in [0.29, 0.717) is 0 Å². The molecule has 3 N–H and O–H groups in total. The highest BCUT2D eigenvalue weighted by molar-refractivity contribution is 7.89. The Morgan fingerprint density at radius 3 is 2.35 bits per heavy atom. The van der Waals surface area contributed by atoms with Gasteiger partial charge in [0.05, 0.1) is 4.90 Å². The quantitative estimate of drug-likeness (QED) is 0.528. The lowest BCUT2D eigenvalue weighted by molar-refractivity contribution is -0.117. The van der Waals surface area contributed by atoms with E-state index in [1.54, 1.807) is 18.2 Å². The van der Waals surface area contributed by atoms with Crippen LogP contribution in [0.25, 0.3) is 0 Å². The fraction of sp³-hybridized carbons (Fsp3) is 0.111. The average molecular weight is 273 g/mol. The maximum atomic E-state index is 11.7.